The van der Waals surface area contributed by atoms with Crippen LogP contribution in [0.25, 0.3) is 0 Å². The molecule has 0 aromatic carbocycles. The average molecular weight is 574 g/mol. The molecular weight excluding hydrogens is 546 g/mol. The third kappa shape index (κ3) is 4.03. The van der Waals surface area contributed by atoms with Gasteiger partial charge in [0.15, 0.2) is 0 Å². The van der Waals surface area contributed by atoms with E-state index in [0.717, 1.165) is 55.8 Å². The molecule has 9 nitrogen and oxygen atoms in total. The third-order valence-corrected chi connectivity index (χ3v) is 11.9. The van der Waals surface area contributed by atoms with Gasteiger partial charge >= 0.3 is 199 Å². The molecule has 5 rings (SSSR count). The van der Waals surface area contributed by atoms with E-state index in [1.165, 1.54) is 0 Å². The van der Waals surface area contributed by atoms with Crippen molar-refractivity contribution in [2.24, 2.45) is 0 Å². The van der Waals surface area contributed by atoms with E-state index < -0.39 is 24.0 Å². The first kappa shape index (κ1) is 22.7. The van der Waals surface area contributed by atoms with Crippen LogP contribution in [0.2, 0.25) is 0 Å². The molecule has 0 bridgehead atoms. The summed E-state index contributed by atoms with van der Waals surface area (Å²) >= 11 is -0.264. The molecule has 4 unspecified atom stereocenters. The van der Waals surface area contributed by atoms with Gasteiger partial charge in [-0.15, -0.1) is 0 Å². The topological polar surface area (TPSA) is 108 Å². The molecule has 4 atom stereocenters. The number of aryl methyl sites for hydroxylation is 2. The van der Waals surface area contributed by atoms with Gasteiger partial charge in [-0.05, 0) is 0 Å². The first-order valence-electron chi connectivity index (χ1n) is 11.0. The Labute approximate surface area is 198 Å². The predicted octanol–water partition coefficient (Wildman–Crippen LogP) is -0.947. The maximum absolute atomic E-state index is 13.2. The normalized spacial score (nSPS) is 29.2. The molecule has 2 saturated heterocycles. The van der Waals surface area contributed by atoms with Crippen LogP contribution in [0.3, 0.4) is 0 Å². The Balaban J connectivity index is 1.42. The number of rotatable bonds is 4. The number of aliphatic hydroxyl groups is 2. The monoisotopic (exact) mass is 576 g/mol. The van der Waals surface area contributed by atoms with Crippen LogP contribution in [0.5, 0.6) is 0 Å². The average Bonchev–Trinajstić information content (AvgIpc) is 3.44. The maximum atomic E-state index is 13.2. The molecule has 174 valence electrons. The fourth-order valence-electron chi connectivity index (χ4n) is 4.67. The molecule has 1 saturated carbocycles. The number of carbonyl (C=O) groups is 1. The van der Waals surface area contributed by atoms with E-state index in [2.05, 4.69) is 9.80 Å². The van der Waals surface area contributed by atoms with E-state index in [0.29, 0.717) is 26.4 Å². The number of ketones is 1. The van der Waals surface area contributed by atoms with Crippen molar-refractivity contribution in [3.63, 3.8) is 0 Å². The molecule has 0 amide bonds. The van der Waals surface area contributed by atoms with Crippen molar-refractivity contribution in [3.05, 3.63) is 20.3 Å². The number of aromatic nitrogens is 2. The van der Waals surface area contributed by atoms with Crippen molar-refractivity contribution in [1.82, 2.24) is 9.97 Å². The van der Waals surface area contributed by atoms with Gasteiger partial charge in [0.05, 0.1) is 0 Å². The number of Topliss-reactive ketones (excluding diaryl/α,β-unsaturated/α-hetero) is 1. The first-order chi connectivity index (χ1) is 15.5. The van der Waals surface area contributed by atoms with Gasteiger partial charge in [0.2, 0.25) is 0 Å². The number of carbonyl (C=O) groups excluding carboxylic acids is 1. The van der Waals surface area contributed by atoms with Gasteiger partial charge in [0.1, 0.15) is 0 Å². The number of hydrogen-bond acceptors (Lipinski definition) is 9. The van der Waals surface area contributed by atoms with Crippen LogP contribution in [-0.4, -0.2) is 120 Å². The summed E-state index contributed by atoms with van der Waals surface area (Å²) in [6, 6.07) is 0. The Hall–Kier alpha value is -1.03. The number of nitrogens with zero attached hydrogens (tertiary/aromatic N) is 4. The van der Waals surface area contributed by atoms with Gasteiger partial charge in [0, 0.05) is 0 Å². The number of anilines is 2. The van der Waals surface area contributed by atoms with Crippen LogP contribution in [0.4, 0.5) is 9.38 Å². The molecule has 1 aliphatic carbocycles. The van der Waals surface area contributed by atoms with E-state index in [1.54, 1.807) is 0 Å². The van der Waals surface area contributed by atoms with Crippen molar-refractivity contribution in [1.29, 1.82) is 0 Å². The molecule has 11 heteroatoms. The van der Waals surface area contributed by atoms with E-state index in [1.807, 2.05) is 13.8 Å². The number of morpholine rings is 2. The van der Waals surface area contributed by atoms with Gasteiger partial charge in [-0.2, -0.15) is 0 Å². The minimum atomic E-state index is -1.20. The Bertz CT molecular complexity index is 983. The Kier molecular flexibility index (Phi) is 6.62. The third-order valence-electron chi connectivity index (χ3n) is 6.44. The van der Waals surface area contributed by atoms with E-state index in [9.17, 15) is 15.0 Å². The second-order valence-corrected chi connectivity index (χ2v) is 12.7. The fraction of sp³-hybridized carbons (Fsp3) is 0.667. The molecule has 32 heavy (non-hydrogen) atoms. The van der Waals surface area contributed by atoms with Gasteiger partial charge in [-0.3, -0.25) is 0 Å². The molecule has 3 aliphatic rings. The van der Waals surface area contributed by atoms with Crippen molar-refractivity contribution < 1.29 is 24.5 Å². The van der Waals surface area contributed by atoms with Gasteiger partial charge in [0.25, 0.3) is 0 Å². The van der Waals surface area contributed by atoms with Gasteiger partial charge in [-0.1, -0.05) is 0 Å². The summed E-state index contributed by atoms with van der Waals surface area (Å²) < 4.78 is 14.7. The van der Waals surface area contributed by atoms with Crippen LogP contribution in [0.1, 0.15) is 32.1 Å². The van der Waals surface area contributed by atoms with Crippen LogP contribution in [0, 0.1) is 13.8 Å². The Morgan fingerprint density at radius 3 is 1.84 bits per heavy atom. The van der Waals surface area contributed by atoms with Gasteiger partial charge in [-0.25, -0.2) is 0 Å². The SMILES string of the molecule is Cc1nc(N2CCOCC2)[se]c1C1C(=O)C(O)C(c2[se]c(N3CCOCC3)nc2C)C1O. The number of aliphatic hydroxyl groups excluding tert-OH is 2. The minimum absolute atomic E-state index is 0.122. The first-order valence-corrected chi connectivity index (χ1v) is 14.4. The summed E-state index contributed by atoms with van der Waals surface area (Å²) in [6.45, 7) is 9.74. The Morgan fingerprint density at radius 1 is 0.844 bits per heavy atom. The van der Waals surface area contributed by atoms with Crippen molar-refractivity contribution in [2.45, 2.75) is 37.9 Å². The second-order valence-electron chi connectivity index (χ2n) is 8.43. The number of ether oxygens (including phenoxy) is 2. The molecule has 2 aliphatic heterocycles. The summed E-state index contributed by atoms with van der Waals surface area (Å²) in [5.41, 5.74) is 1.64. The predicted molar refractivity (Wildman–Crippen MR) is 120 cm³/mol. The van der Waals surface area contributed by atoms with Crippen LogP contribution < -0.4 is 9.80 Å². The van der Waals surface area contributed by atoms with Crippen molar-refractivity contribution in [2.75, 3.05) is 62.4 Å². The molecule has 0 radical (unpaired) electrons. The van der Waals surface area contributed by atoms with Crippen molar-refractivity contribution in [3.8, 4) is 0 Å². The van der Waals surface area contributed by atoms with E-state index >= 15 is 0 Å². The van der Waals surface area contributed by atoms with Crippen molar-refractivity contribution >= 4 is 44.2 Å². The molecule has 3 fully saturated rings. The van der Waals surface area contributed by atoms with Crippen LogP contribution in [0.15, 0.2) is 0 Å². The number of hydrogen-bond donors (Lipinski definition) is 2. The quantitative estimate of drug-likeness (QED) is 0.448. The zero-order chi connectivity index (χ0) is 22.4. The summed E-state index contributed by atoms with van der Waals surface area (Å²) in [4.78, 5) is 27.1. The molecule has 2 aromatic heterocycles. The molecule has 2 N–H and O–H groups in total. The van der Waals surface area contributed by atoms with E-state index in [4.69, 9.17) is 19.4 Å². The zero-order valence-electron chi connectivity index (χ0n) is 18.2. The summed E-state index contributed by atoms with van der Waals surface area (Å²) in [6.07, 6.45) is -2.15. The molecular formula is C21H28N4O5Se2. The molecule has 4 heterocycles. The standard InChI is InChI=1S/C21H28N4O5Se2/c1-11-18(31-20(22-11)24-3-7-29-8-4-24)13-15(26)14(17(28)16(13)27)19-12(2)23-21(32-19)25-5-9-30-10-6-25/h13-16,26-27H,3-10H2,1-2H3. The summed E-state index contributed by atoms with van der Waals surface area (Å²) in [5, 5.41) is 22.3. The van der Waals surface area contributed by atoms with Crippen LogP contribution in [-0.2, 0) is 14.3 Å². The molecule has 0 spiro atoms. The summed E-state index contributed by atoms with van der Waals surface area (Å²) in [7, 11) is 0. The summed E-state index contributed by atoms with van der Waals surface area (Å²) in [5.74, 6) is -1.58. The Morgan fingerprint density at radius 2 is 1.31 bits per heavy atom. The zero-order valence-corrected chi connectivity index (χ0v) is 21.6. The second kappa shape index (κ2) is 9.31. The van der Waals surface area contributed by atoms with Crippen LogP contribution >= 0.6 is 0 Å². The van der Waals surface area contributed by atoms with E-state index in [-0.39, 0.29) is 34.8 Å². The van der Waals surface area contributed by atoms with Gasteiger partial charge < -0.3 is 0 Å². The molecule has 2 aromatic rings. The fourth-order valence-corrected chi connectivity index (χ4v) is 10.0.